The Balaban J connectivity index is 1.06. The molecular weight excluding hydrogens is 717 g/mol. The molecule has 2 aromatic heterocycles. The fourth-order valence-electron chi connectivity index (χ4n) is 9.22. The van der Waals surface area contributed by atoms with Crippen LogP contribution in [0.25, 0.3) is 93.2 Å². The number of hydrogen-bond donors (Lipinski definition) is 0. The maximum absolute atomic E-state index is 6.35. The molecule has 0 saturated carbocycles. The van der Waals surface area contributed by atoms with Crippen LogP contribution in [0.3, 0.4) is 0 Å². The predicted molar refractivity (Wildman–Crippen MR) is 249 cm³/mol. The summed E-state index contributed by atoms with van der Waals surface area (Å²) in [5.74, 6) is 0. The van der Waals surface area contributed by atoms with Crippen LogP contribution in [0.4, 0.5) is 17.1 Å². The van der Waals surface area contributed by atoms with Crippen molar-refractivity contribution in [1.82, 2.24) is 4.57 Å². The summed E-state index contributed by atoms with van der Waals surface area (Å²) in [6.07, 6.45) is 0. The maximum Gasteiger partial charge on any atom is 0.136 e. The van der Waals surface area contributed by atoms with Crippen molar-refractivity contribution in [3.8, 4) is 27.9 Å². The molecule has 0 atom stereocenters. The maximum atomic E-state index is 6.35. The van der Waals surface area contributed by atoms with Crippen molar-refractivity contribution in [3.63, 3.8) is 0 Å². The Morgan fingerprint density at radius 2 is 0.932 bits per heavy atom. The molecule has 0 saturated heterocycles. The zero-order valence-corrected chi connectivity index (χ0v) is 32.1. The van der Waals surface area contributed by atoms with E-state index in [1.807, 2.05) is 12.1 Å². The quantitative estimate of drug-likeness (QED) is 0.158. The lowest BCUT2D eigenvalue weighted by atomic mass is 9.96. The summed E-state index contributed by atoms with van der Waals surface area (Å²) in [6.45, 7) is 0. The minimum atomic E-state index is 0.888. The topological polar surface area (TPSA) is 21.3 Å². The number of benzene rings is 10. The average Bonchev–Trinajstić information content (AvgIpc) is 3.85. The summed E-state index contributed by atoms with van der Waals surface area (Å²) >= 11 is 0. The molecule has 10 aromatic carbocycles. The number of nitrogens with zero attached hydrogens (tertiary/aromatic N) is 2. The fourth-order valence-corrected chi connectivity index (χ4v) is 9.22. The molecule has 0 aliphatic rings. The Labute approximate surface area is 341 Å². The van der Waals surface area contributed by atoms with Crippen LogP contribution in [0, 0.1) is 0 Å². The van der Waals surface area contributed by atoms with Crippen LogP contribution in [0.15, 0.2) is 223 Å². The molecule has 0 N–H and O–H groups in total. The van der Waals surface area contributed by atoms with Gasteiger partial charge in [0.25, 0.3) is 0 Å². The smallest absolute Gasteiger partial charge is 0.136 e. The van der Waals surface area contributed by atoms with E-state index in [2.05, 4.69) is 216 Å². The molecule has 276 valence electrons. The van der Waals surface area contributed by atoms with Crippen LogP contribution in [-0.2, 0) is 0 Å². The Bertz CT molecular complexity index is 3540. The van der Waals surface area contributed by atoms with Crippen molar-refractivity contribution < 1.29 is 4.42 Å². The van der Waals surface area contributed by atoms with Crippen molar-refractivity contribution in [1.29, 1.82) is 0 Å². The minimum absolute atomic E-state index is 0.888. The average molecular weight is 753 g/mol. The second kappa shape index (κ2) is 13.4. The van der Waals surface area contributed by atoms with Crippen molar-refractivity contribution in [2.75, 3.05) is 4.90 Å². The second-order valence-electron chi connectivity index (χ2n) is 15.3. The molecule has 0 radical (unpaired) electrons. The lowest BCUT2D eigenvalue weighted by molar-refractivity contribution is 0.669. The number of aromatic nitrogens is 1. The number of hydrogen-bond acceptors (Lipinski definition) is 2. The van der Waals surface area contributed by atoms with E-state index in [0.717, 1.165) is 61.4 Å². The molecule has 0 aliphatic heterocycles. The monoisotopic (exact) mass is 752 g/mol. The minimum Gasteiger partial charge on any atom is -0.456 e. The van der Waals surface area contributed by atoms with Gasteiger partial charge in [-0.25, -0.2) is 0 Å². The van der Waals surface area contributed by atoms with E-state index in [1.54, 1.807) is 0 Å². The summed E-state index contributed by atoms with van der Waals surface area (Å²) in [5, 5.41) is 9.75. The Morgan fingerprint density at radius 1 is 0.339 bits per heavy atom. The Kier molecular flexibility index (Phi) is 7.54. The first-order chi connectivity index (χ1) is 29.2. The van der Waals surface area contributed by atoms with Crippen LogP contribution in [0.2, 0.25) is 0 Å². The molecule has 12 rings (SSSR count). The van der Waals surface area contributed by atoms with Crippen molar-refractivity contribution >= 4 is 82.4 Å². The first-order valence-electron chi connectivity index (χ1n) is 20.2. The van der Waals surface area contributed by atoms with Crippen LogP contribution in [0.5, 0.6) is 0 Å². The highest BCUT2D eigenvalue weighted by atomic mass is 16.3. The van der Waals surface area contributed by atoms with E-state index in [9.17, 15) is 0 Å². The molecule has 2 heterocycles. The van der Waals surface area contributed by atoms with Gasteiger partial charge in [0.1, 0.15) is 11.2 Å². The third kappa shape index (κ3) is 5.44. The van der Waals surface area contributed by atoms with Gasteiger partial charge in [-0.1, -0.05) is 146 Å². The van der Waals surface area contributed by atoms with E-state index >= 15 is 0 Å². The summed E-state index contributed by atoms with van der Waals surface area (Å²) in [6, 6.07) is 78.9. The van der Waals surface area contributed by atoms with E-state index in [1.165, 1.54) is 48.9 Å². The molecule has 12 aromatic rings. The lowest BCUT2D eigenvalue weighted by Crippen LogP contribution is -2.12. The van der Waals surface area contributed by atoms with Gasteiger partial charge in [-0.3, -0.25) is 0 Å². The molecule has 3 heteroatoms. The predicted octanol–water partition coefficient (Wildman–Crippen LogP) is 15.8. The molecule has 0 spiro atoms. The molecule has 0 amide bonds. The van der Waals surface area contributed by atoms with Crippen LogP contribution >= 0.6 is 0 Å². The number of anilines is 3. The number of para-hydroxylation sites is 4. The van der Waals surface area contributed by atoms with Gasteiger partial charge < -0.3 is 13.9 Å². The SMILES string of the molecule is c1cc(-c2ccc3c(c2)oc2ccccc23)cc(N(c2cccc(-n3c4ccccc4c4ccccc43)c2)c2ccccc2-c2ccc3c(ccc4ccccc43)c2)c1. The third-order valence-corrected chi connectivity index (χ3v) is 11.9. The largest absolute Gasteiger partial charge is 0.456 e. The third-order valence-electron chi connectivity index (χ3n) is 11.9. The van der Waals surface area contributed by atoms with Crippen LogP contribution in [0.1, 0.15) is 0 Å². The number of rotatable bonds is 6. The van der Waals surface area contributed by atoms with E-state index in [-0.39, 0.29) is 0 Å². The molecule has 0 bridgehead atoms. The summed E-state index contributed by atoms with van der Waals surface area (Å²) in [5.41, 5.74) is 13.0. The second-order valence-corrected chi connectivity index (χ2v) is 15.3. The standard InChI is InChI=1S/C56H36N2O/c1-2-18-45-37(13-1)27-28-40-33-41(30-31-46(40)45)47-19-3-7-23-52(47)57(42-15-11-14-38(34-42)39-29-32-51-50-22-6-10-26-55(50)59-56(51)35-39)43-16-12-17-44(36-43)58-53-24-8-4-20-48(53)49-21-5-9-25-54(49)58/h1-36H. The molecule has 0 aliphatic carbocycles. The van der Waals surface area contributed by atoms with Crippen molar-refractivity contribution in [2.24, 2.45) is 0 Å². The van der Waals surface area contributed by atoms with E-state index in [4.69, 9.17) is 4.42 Å². The normalized spacial score (nSPS) is 11.7. The van der Waals surface area contributed by atoms with Gasteiger partial charge in [0, 0.05) is 44.2 Å². The highest BCUT2D eigenvalue weighted by Crippen LogP contribution is 2.44. The first kappa shape index (κ1) is 33.3. The van der Waals surface area contributed by atoms with E-state index in [0.29, 0.717) is 0 Å². The lowest BCUT2D eigenvalue weighted by Gasteiger charge is -2.29. The van der Waals surface area contributed by atoms with Crippen molar-refractivity contribution in [2.45, 2.75) is 0 Å². The molecule has 0 unspecified atom stereocenters. The highest BCUT2D eigenvalue weighted by molar-refractivity contribution is 6.10. The Morgan fingerprint density at radius 3 is 1.78 bits per heavy atom. The summed E-state index contributed by atoms with van der Waals surface area (Å²) in [7, 11) is 0. The summed E-state index contributed by atoms with van der Waals surface area (Å²) < 4.78 is 8.74. The number of furan rings is 1. The summed E-state index contributed by atoms with van der Waals surface area (Å²) in [4.78, 5) is 2.42. The van der Waals surface area contributed by atoms with Gasteiger partial charge in [-0.15, -0.1) is 0 Å². The zero-order valence-electron chi connectivity index (χ0n) is 32.1. The van der Waals surface area contributed by atoms with Gasteiger partial charge in [-0.2, -0.15) is 0 Å². The van der Waals surface area contributed by atoms with Crippen LogP contribution in [-0.4, -0.2) is 4.57 Å². The van der Waals surface area contributed by atoms with Gasteiger partial charge in [-0.05, 0) is 111 Å². The highest BCUT2D eigenvalue weighted by Gasteiger charge is 2.20. The molecule has 0 fully saturated rings. The molecular formula is C56H36N2O. The van der Waals surface area contributed by atoms with Gasteiger partial charge >= 0.3 is 0 Å². The first-order valence-corrected chi connectivity index (χ1v) is 20.2. The Hall–Kier alpha value is -7.88. The van der Waals surface area contributed by atoms with Crippen molar-refractivity contribution in [3.05, 3.63) is 218 Å². The zero-order chi connectivity index (χ0) is 38.9. The molecule has 3 nitrogen and oxygen atoms in total. The van der Waals surface area contributed by atoms with Gasteiger partial charge in [0.05, 0.1) is 16.7 Å². The number of fused-ring (bicyclic) bond motifs is 9. The van der Waals surface area contributed by atoms with E-state index < -0.39 is 0 Å². The van der Waals surface area contributed by atoms with Gasteiger partial charge in [0.15, 0.2) is 0 Å². The fraction of sp³-hybridized carbons (Fsp3) is 0. The molecule has 59 heavy (non-hydrogen) atoms. The van der Waals surface area contributed by atoms with Crippen LogP contribution < -0.4 is 4.90 Å². The van der Waals surface area contributed by atoms with Gasteiger partial charge in [0.2, 0.25) is 0 Å².